The van der Waals surface area contributed by atoms with Crippen molar-refractivity contribution in [1.82, 2.24) is 25.2 Å². The number of ether oxygens (including phenoxy) is 1. The SMILES string of the molecule is Cn1nnnc1C1CN(c2ncc(Cl)cc2F)CCO1. The summed E-state index contributed by atoms with van der Waals surface area (Å²) in [6.45, 7) is 1.42. The summed E-state index contributed by atoms with van der Waals surface area (Å²) >= 11 is 5.71. The summed E-state index contributed by atoms with van der Waals surface area (Å²) in [5.41, 5.74) is 0. The minimum Gasteiger partial charge on any atom is -0.366 e. The highest BCUT2D eigenvalue weighted by molar-refractivity contribution is 6.30. The molecule has 3 rings (SSSR count). The van der Waals surface area contributed by atoms with Crippen LogP contribution in [0.2, 0.25) is 5.02 Å². The van der Waals surface area contributed by atoms with Crippen LogP contribution in [0.25, 0.3) is 0 Å². The molecule has 1 aliphatic rings. The second-order valence-corrected chi connectivity index (χ2v) is 4.86. The van der Waals surface area contributed by atoms with Crippen LogP contribution < -0.4 is 4.90 Å². The summed E-state index contributed by atoms with van der Waals surface area (Å²) in [5, 5.41) is 11.5. The Hall–Kier alpha value is -1.80. The quantitative estimate of drug-likeness (QED) is 0.823. The number of aromatic nitrogens is 5. The van der Waals surface area contributed by atoms with Gasteiger partial charge in [0.05, 0.1) is 18.2 Å². The molecule has 0 bridgehead atoms. The molecule has 0 N–H and O–H groups in total. The third kappa shape index (κ3) is 2.44. The fourth-order valence-corrected chi connectivity index (χ4v) is 2.29. The van der Waals surface area contributed by atoms with E-state index in [1.54, 1.807) is 16.6 Å². The predicted octanol–water partition coefficient (Wildman–Crippen LogP) is 0.975. The monoisotopic (exact) mass is 298 g/mol. The first-order valence-corrected chi connectivity index (χ1v) is 6.43. The molecule has 0 aromatic carbocycles. The van der Waals surface area contributed by atoms with Gasteiger partial charge in [-0.1, -0.05) is 11.6 Å². The van der Waals surface area contributed by atoms with Crippen molar-refractivity contribution in [3.05, 3.63) is 28.9 Å². The van der Waals surface area contributed by atoms with Crippen LogP contribution in [0.1, 0.15) is 11.9 Å². The van der Waals surface area contributed by atoms with E-state index >= 15 is 0 Å². The number of rotatable bonds is 2. The lowest BCUT2D eigenvalue weighted by Gasteiger charge is -2.32. The molecule has 1 fully saturated rings. The Morgan fingerprint density at radius 1 is 1.50 bits per heavy atom. The van der Waals surface area contributed by atoms with Gasteiger partial charge in [0.2, 0.25) is 0 Å². The van der Waals surface area contributed by atoms with Gasteiger partial charge < -0.3 is 9.64 Å². The van der Waals surface area contributed by atoms with Crippen molar-refractivity contribution in [3.63, 3.8) is 0 Å². The molecule has 0 amide bonds. The summed E-state index contributed by atoms with van der Waals surface area (Å²) in [4.78, 5) is 5.84. The minimum absolute atomic E-state index is 0.262. The molecule has 0 aliphatic carbocycles. The highest BCUT2D eigenvalue weighted by Gasteiger charge is 2.28. The van der Waals surface area contributed by atoms with Crippen LogP contribution in [0.3, 0.4) is 0 Å². The third-order valence-electron chi connectivity index (χ3n) is 3.10. The number of tetrazole rings is 1. The van der Waals surface area contributed by atoms with E-state index in [2.05, 4.69) is 20.5 Å². The maximum absolute atomic E-state index is 13.9. The van der Waals surface area contributed by atoms with Gasteiger partial charge in [-0.2, -0.15) is 0 Å². The Bertz CT molecular complexity index is 621. The Balaban J connectivity index is 1.83. The van der Waals surface area contributed by atoms with Gasteiger partial charge in [0.1, 0.15) is 6.10 Å². The molecule has 3 heterocycles. The van der Waals surface area contributed by atoms with Crippen molar-refractivity contribution in [2.75, 3.05) is 24.6 Å². The van der Waals surface area contributed by atoms with Crippen LogP contribution in [0, 0.1) is 5.82 Å². The van der Waals surface area contributed by atoms with Crippen LogP contribution in [0.15, 0.2) is 12.3 Å². The summed E-state index contributed by atoms with van der Waals surface area (Å²) in [5.74, 6) is 0.413. The first-order chi connectivity index (χ1) is 9.65. The van der Waals surface area contributed by atoms with Crippen LogP contribution in [-0.4, -0.2) is 44.9 Å². The van der Waals surface area contributed by atoms with Gasteiger partial charge in [0.25, 0.3) is 0 Å². The zero-order valence-electron chi connectivity index (χ0n) is 10.7. The Morgan fingerprint density at radius 3 is 3.05 bits per heavy atom. The van der Waals surface area contributed by atoms with E-state index in [9.17, 15) is 4.39 Å². The van der Waals surface area contributed by atoms with Gasteiger partial charge in [-0.05, 0) is 16.5 Å². The topological polar surface area (TPSA) is 69.0 Å². The molecule has 0 radical (unpaired) electrons. The zero-order valence-corrected chi connectivity index (χ0v) is 11.5. The second-order valence-electron chi connectivity index (χ2n) is 4.43. The Labute approximate surface area is 119 Å². The molecular weight excluding hydrogens is 287 g/mol. The number of hydrogen-bond acceptors (Lipinski definition) is 6. The molecule has 2 aromatic heterocycles. The van der Waals surface area contributed by atoms with Crippen LogP contribution in [0.4, 0.5) is 10.2 Å². The van der Waals surface area contributed by atoms with Gasteiger partial charge in [0.15, 0.2) is 17.5 Å². The molecular formula is C11H12ClFN6O. The lowest BCUT2D eigenvalue weighted by molar-refractivity contribution is 0.0311. The standard InChI is InChI=1S/C11H12ClFN6O/c1-18-11(15-16-17-18)9-6-19(2-3-20-9)10-8(13)4-7(12)5-14-10/h4-5,9H,2-3,6H2,1H3. The van der Waals surface area contributed by atoms with Gasteiger partial charge in [-0.25, -0.2) is 14.1 Å². The van der Waals surface area contributed by atoms with E-state index in [1.807, 2.05) is 0 Å². The molecule has 1 unspecified atom stereocenters. The summed E-state index contributed by atoms with van der Waals surface area (Å²) < 4.78 is 21.1. The van der Waals surface area contributed by atoms with Crippen molar-refractivity contribution in [3.8, 4) is 0 Å². The fraction of sp³-hybridized carbons (Fsp3) is 0.455. The smallest absolute Gasteiger partial charge is 0.181 e. The number of pyridine rings is 1. The van der Waals surface area contributed by atoms with Crippen molar-refractivity contribution >= 4 is 17.4 Å². The lowest BCUT2D eigenvalue weighted by Crippen LogP contribution is -2.40. The normalized spacial score (nSPS) is 19.4. The number of anilines is 1. The van der Waals surface area contributed by atoms with Gasteiger partial charge in [-0.15, -0.1) is 5.10 Å². The highest BCUT2D eigenvalue weighted by atomic mass is 35.5. The molecule has 1 saturated heterocycles. The zero-order chi connectivity index (χ0) is 14.1. The molecule has 2 aromatic rings. The molecule has 7 nitrogen and oxygen atoms in total. The lowest BCUT2D eigenvalue weighted by atomic mass is 10.2. The molecule has 0 saturated carbocycles. The number of morpholine rings is 1. The van der Waals surface area contributed by atoms with E-state index in [0.717, 1.165) is 0 Å². The first kappa shape index (κ1) is 13.2. The van der Waals surface area contributed by atoms with Crippen LogP contribution in [-0.2, 0) is 11.8 Å². The van der Waals surface area contributed by atoms with Crippen molar-refractivity contribution in [2.45, 2.75) is 6.10 Å². The molecule has 1 atom stereocenters. The molecule has 106 valence electrons. The average Bonchev–Trinajstić information content (AvgIpc) is 2.85. The maximum atomic E-state index is 13.9. The van der Waals surface area contributed by atoms with Crippen LogP contribution in [0.5, 0.6) is 0 Å². The largest absolute Gasteiger partial charge is 0.366 e. The summed E-state index contributed by atoms with van der Waals surface area (Å²) in [6.07, 6.45) is 1.11. The van der Waals surface area contributed by atoms with Crippen molar-refractivity contribution in [1.29, 1.82) is 0 Å². The highest BCUT2D eigenvalue weighted by Crippen LogP contribution is 2.26. The van der Waals surface area contributed by atoms with E-state index in [-0.39, 0.29) is 16.9 Å². The van der Waals surface area contributed by atoms with Gasteiger partial charge in [0, 0.05) is 19.8 Å². The number of nitrogens with zero attached hydrogens (tertiary/aromatic N) is 6. The second kappa shape index (κ2) is 5.29. The van der Waals surface area contributed by atoms with Gasteiger partial charge >= 0.3 is 0 Å². The number of halogens is 2. The Kier molecular flexibility index (Phi) is 3.49. The average molecular weight is 299 g/mol. The van der Waals surface area contributed by atoms with Crippen molar-refractivity contribution in [2.24, 2.45) is 7.05 Å². The predicted molar refractivity (Wildman–Crippen MR) is 68.9 cm³/mol. The number of hydrogen-bond donors (Lipinski definition) is 0. The minimum atomic E-state index is -0.450. The number of aryl methyl sites for hydroxylation is 1. The van der Waals surface area contributed by atoms with E-state index in [0.29, 0.717) is 25.5 Å². The molecule has 9 heteroatoms. The maximum Gasteiger partial charge on any atom is 0.181 e. The summed E-state index contributed by atoms with van der Waals surface area (Å²) in [6, 6.07) is 1.25. The van der Waals surface area contributed by atoms with E-state index < -0.39 is 5.82 Å². The molecule has 1 aliphatic heterocycles. The van der Waals surface area contributed by atoms with Crippen LogP contribution >= 0.6 is 11.6 Å². The van der Waals surface area contributed by atoms with Gasteiger partial charge in [-0.3, -0.25) is 0 Å². The first-order valence-electron chi connectivity index (χ1n) is 6.05. The van der Waals surface area contributed by atoms with E-state index in [1.165, 1.54) is 12.3 Å². The molecule has 20 heavy (non-hydrogen) atoms. The molecule has 0 spiro atoms. The van der Waals surface area contributed by atoms with Crippen molar-refractivity contribution < 1.29 is 9.13 Å². The van der Waals surface area contributed by atoms with E-state index in [4.69, 9.17) is 16.3 Å². The summed E-state index contributed by atoms with van der Waals surface area (Å²) in [7, 11) is 1.73. The fourth-order valence-electron chi connectivity index (χ4n) is 2.15. The Morgan fingerprint density at radius 2 is 2.35 bits per heavy atom. The third-order valence-corrected chi connectivity index (χ3v) is 3.30.